The smallest absolute Gasteiger partial charge is 0.316 e. The van der Waals surface area contributed by atoms with Gasteiger partial charge in [-0.1, -0.05) is 31.2 Å². The van der Waals surface area contributed by atoms with E-state index in [9.17, 15) is 24.0 Å². The van der Waals surface area contributed by atoms with Crippen molar-refractivity contribution in [1.82, 2.24) is 0 Å². The summed E-state index contributed by atoms with van der Waals surface area (Å²) in [6.07, 6.45) is -1.35. The van der Waals surface area contributed by atoms with Gasteiger partial charge >= 0.3 is 11.9 Å². The van der Waals surface area contributed by atoms with Crippen LogP contribution in [0.25, 0.3) is 0 Å². The van der Waals surface area contributed by atoms with Crippen molar-refractivity contribution >= 4 is 29.3 Å². The maximum atomic E-state index is 12.6. The van der Waals surface area contributed by atoms with Crippen LogP contribution in [0.4, 0.5) is 0 Å². The lowest BCUT2D eigenvalue weighted by atomic mass is 9.88. The molecule has 1 aliphatic rings. The Balaban J connectivity index is 1.67. The van der Waals surface area contributed by atoms with Gasteiger partial charge in [0, 0.05) is 18.1 Å². The number of ether oxygens (including phenoxy) is 2. The minimum atomic E-state index is -1.18. The molecule has 8 nitrogen and oxygen atoms in total. The fraction of sp³-hybridized carbons (Fsp3) is 0.348. The van der Waals surface area contributed by atoms with Gasteiger partial charge in [0.15, 0.2) is 17.3 Å². The van der Waals surface area contributed by atoms with Crippen LogP contribution in [-0.2, 0) is 19.1 Å². The summed E-state index contributed by atoms with van der Waals surface area (Å²) < 4.78 is 15.4. The maximum Gasteiger partial charge on any atom is 0.316 e. The Morgan fingerprint density at radius 1 is 1.00 bits per heavy atom. The number of rotatable bonds is 7. The third-order valence-corrected chi connectivity index (χ3v) is 5.19. The van der Waals surface area contributed by atoms with E-state index >= 15 is 0 Å². The first-order chi connectivity index (χ1) is 14.5. The lowest BCUT2D eigenvalue weighted by molar-refractivity contribution is -0.190. The van der Waals surface area contributed by atoms with E-state index in [-0.39, 0.29) is 28.2 Å². The van der Waals surface area contributed by atoms with Gasteiger partial charge in [-0.05, 0) is 26.3 Å². The molecule has 1 aromatic carbocycles. The highest BCUT2D eigenvalue weighted by molar-refractivity contribution is 6.28. The molecule has 1 unspecified atom stereocenters. The van der Waals surface area contributed by atoms with E-state index in [1.807, 2.05) is 6.92 Å². The van der Waals surface area contributed by atoms with Crippen molar-refractivity contribution < 1.29 is 37.9 Å². The van der Waals surface area contributed by atoms with Gasteiger partial charge < -0.3 is 13.9 Å². The summed E-state index contributed by atoms with van der Waals surface area (Å²) in [5.41, 5.74) is -0.340. The molecular weight excluding hydrogens is 404 g/mol. The summed E-state index contributed by atoms with van der Waals surface area (Å²) in [5, 5.41) is 0. The first-order valence-electron chi connectivity index (χ1n) is 9.81. The van der Waals surface area contributed by atoms with E-state index in [2.05, 4.69) is 0 Å². The van der Waals surface area contributed by atoms with Crippen molar-refractivity contribution in [3.8, 4) is 0 Å². The van der Waals surface area contributed by atoms with E-state index < -0.39 is 47.4 Å². The zero-order valence-electron chi connectivity index (χ0n) is 17.6. The number of Topliss-reactive ketones (excluding diaryl/α,β-unsaturated/α-hetero) is 1. The van der Waals surface area contributed by atoms with Crippen molar-refractivity contribution in [2.24, 2.45) is 5.41 Å². The summed E-state index contributed by atoms with van der Waals surface area (Å²) in [5.74, 6) is -3.71. The molecule has 162 valence electrons. The molecule has 0 aliphatic heterocycles. The number of esters is 2. The molecule has 1 aromatic heterocycles. The fourth-order valence-electron chi connectivity index (χ4n) is 2.94. The zero-order valence-corrected chi connectivity index (χ0v) is 17.6. The van der Waals surface area contributed by atoms with Crippen molar-refractivity contribution in [3.05, 3.63) is 58.5 Å². The third kappa shape index (κ3) is 4.33. The van der Waals surface area contributed by atoms with Crippen molar-refractivity contribution in [3.63, 3.8) is 0 Å². The Labute approximate surface area is 178 Å². The first kappa shape index (κ1) is 22.1. The van der Waals surface area contributed by atoms with Crippen LogP contribution < -0.4 is 0 Å². The molecule has 0 N–H and O–H groups in total. The van der Waals surface area contributed by atoms with Crippen LogP contribution in [0, 0.1) is 5.41 Å². The predicted octanol–water partition coefficient (Wildman–Crippen LogP) is 3.50. The van der Waals surface area contributed by atoms with Crippen molar-refractivity contribution in [2.75, 3.05) is 0 Å². The van der Waals surface area contributed by atoms with Crippen molar-refractivity contribution in [1.29, 1.82) is 0 Å². The molecule has 1 heterocycles. The molecular formula is C23H22O8. The molecule has 0 radical (unpaired) electrons. The number of hydrogen-bond acceptors (Lipinski definition) is 8. The van der Waals surface area contributed by atoms with E-state index in [0.29, 0.717) is 6.42 Å². The molecule has 0 spiro atoms. The number of fused-ring (bicyclic) bond motifs is 2. The largest absolute Gasteiger partial charge is 0.449 e. The normalized spacial score (nSPS) is 13.8. The Hall–Kier alpha value is -3.55. The minimum Gasteiger partial charge on any atom is -0.449 e. The van der Waals surface area contributed by atoms with Gasteiger partial charge in [0.25, 0.3) is 0 Å². The van der Waals surface area contributed by atoms with Gasteiger partial charge in [0.05, 0.1) is 11.0 Å². The molecule has 1 atom stereocenters. The molecule has 0 amide bonds. The molecule has 0 saturated carbocycles. The number of hydrogen-bond donors (Lipinski definition) is 0. The number of furan rings is 1. The van der Waals surface area contributed by atoms with Crippen LogP contribution in [0.1, 0.15) is 83.1 Å². The number of carbonyl (C=O) groups is 5. The van der Waals surface area contributed by atoms with Gasteiger partial charge in [-0.2, -0.15) is 0 Å². The monoisotopic (exact) mass is 426 g/mol. The van der Waals surface area contributed by atoms with E-state index in [1.54, 1.807) is 26.0 Å². The van der Waals surface area contributed by atoms with Gasteiger partial charge in [-0.3, -0.25) is 24.0 Å². The quantitative estimate of drug-likeness (QED) is 0.244. The van der Waals surface area contributed by atoms with Gasteiger partial charge in [-0.15, -0.1) is 0 Å². The summed E-state index contributed by atoms with van der Waals surface area (Å²) in [6.45, 7) is 6.60. The van der Waals surface area contributed by atoms with Gasteiger partial charge in [0.1, 0.15) is 6.42 Å². The molecule has 2 aromatic rings. The Kier molecular flexibility index (Phi) is 5.92. The lowest BCUT2D eigenvalue weighted by Gasteiger charge is -2.23. The second-order valence-electron chi connectivity index (χ2n) is 7.86. The number of benzene rings is 1. The zero-order chi connectivity index (χ0) is 22.9. The predicted molar refractivity (Wildman–Crippen MR) is 107 cm³/mol. The summed E-state index contributed by atoms with van der Waals surface area (Å²) >= 11 is 0. The highest BCUT2D eigenvalue weighted by Gasteiger charge is 2.35. The molecule has 0 saturated heterocycles. The first-order valence-corrected chi connectivity index (χ1v) is 9.81. The summed E-state index contributed by atoms with van der Waals surface area (Å²) in [7, 11) is 0. The van der Waals surface area contributed by atoms with Crippen LogP contribution in [0.3, 0.4) is 0 Å². The van der Waals surface area contributed by atoms with Gasteiger partial charge in [0.2, 0.25) is 17.9 Å². The molecule has 31 heavy (non-hydrogen) atoms. The average Bonchev–Trinajstić information content (AvgIpc) is 3.18. The van der Waals surface area contributed by atoms with Gasteiger partial charge in [-0.25, -0.2) is 0 Å². The molecule has 0 bridgehead atoms. The topological polar surface area (TPSA) is 117 Å². The highest BCUT2D eigenvalue weighted by atomic mass is 16.7. The van der Waals surface area contributed by atoms with Crippen LogP contribution in [-0.4, -0.2) is 35.6 Å². The Morgan fingerprint density at radius 2 is 1.61 bits per heavy atom. The van der Waals surface area contributed by atoms with Crippen molar-refractivity contribution in [2.45, 2.75) is 46.8 Å². The molecule has 8 heteroatoms. The van der Waals surface area contributed by atoms with Crippen LogP contribution in [0.5, 0.6) is 0 Å². The van der Waals surface area contributed by atoms with Crippen LogP contribution >= 0.6 is 0 Å². The average molecular weight is 426 g/mol. The maximum absolute atomic E-state index is 12.6. The van der Waals surface area contributed by atoms with E-state index in [0.717, 1.165) is 6.07 Å². The van der Waals surface area contributed by atoms with E-state index in [4.69, 9.17) is 13.9 Å². The summed E-state index contributed by atoms with van der Waals surface area (Å²) in [6, 6.07) is 7.44. The minimum absolute atomic E-state index is 0.0236. The fourth-order valence-corrected chi connectivity index (χ4v) is 2.94. The lowest BCUT2D eigenvalue weighted by Crippen LogP contribution is -2.31. The Morgan fingerprint density at radius 3 is 2.23 bits per heavy atom. The third-order valence-electron chi connectivity index (χ3n) is 5.19. The molecule has 1 aliphatic carbocycles. The van der Waals surface area contributed by atoms with Crippen LogP contribution in [0.2, 0.25) is 0 Å². The standard InChI is InChI=1S/C23H22O8/c1-5-23(3,4)22(28)30-12(2)29-18(25)11-16(24)17-10-15-19(26)13-8-6-7-9-14(13)20(27)21(15)31-17/h6-10,12H,5,11H2,1-4H3. The van der Waals surface area contributed by atoms with E-state index in [1.165, 1.54) is 19.1 Å². The molecule has 0 fully saturated rings. The van der Waals surface area contributed by atoms with Crippen LogP contribution in [0.15, 0.2) is 34.7 Å². The molecule has 3 rings (SSSR count). The second kappa shape index (κ2) is 8.29. The SMILES string of the molecule is CCC(C)(C)C(=O)OC(C)OC(=O)CC(=O)c1cc2c(o1)C(=O)c1ccccc1C2=O. The summed E-state index contributed by atoms with van der Waals surface area (Å²) in [4.78, 5) is 61.7. The second-order valence-corrected chi connectivity index (χ2v) is 7.86. The Bertz CT molecular complexity index is 1040. The number of carbonyl (C=O) groups excluding carboxylic acids is 5. The highest BCUT2D eigenvalue weighted by Crippen LogP contribution is 2.30. The number of ketones is 3.